The molecule has 1 saturated heterocycles. The standard InChI is InChI=1S/C32H34FN5O2S/c1-22-9-11-25(12-10-22)30-34-35-32(38(30)28-7-4-6-23(2)20-28)41-19-5-8-29(39)36-17-18-37(24(3)21-36)31(40)26-13-15-27(33)16-14-26/h4,6-7,9-16,20,24H,5,8,17-19,21H2,1-3H3. The molecule has 5 rings (SSSR count). The Kier molecular flexibility index (Phi) is 8.83. The molecule has 3 aromatic carbocycles. The summed E-state index contributed by atoms with van der Waals surface area (Å²) in [6, 6.07) is 22.0. The van der Waals surface area contributed by atoms with E-state index in [1.165, 1.54) is 29.8 Å². The molecular weight excluding hydrogens is 537 g/mol. The van der Waals surface area contributed by atoms with Gasteiger partial charge in [-0.15, -0.1) is 10.2 Å². The highest BCUT2D eigenvalue weighted by molar-refractivity contribution is 7.99. The van der Waals surface area contributed by atoms with E-state index in [4.69, 9.17) is 0 Å². The summed E-state index contributed by atoms with van der Waals surface area (Å²) in [5.41, 5.74) is 4.80. The third-order valence-corrected chi connectivity index (χ3v) is 8.32. The van der Waals surface area contributed by atoms with Crippen LogP contribution in [0.25, 0.3) is 17.1 Å². The Labute approximate surface area is 244 Å². The fourth-order valence-electron chi connectivity index (χ4n) is 5.04. The molecule has 2 heterocycles. The molecule has 2 amide bonds. The lowest BCUT2D eigenvalue weighted by molar-refractivity contribution is -0.133. The Hall–Kier alpha value is -3.98. The predicted molar refractivity (Wildman–Crippen MR) is 160 cm³/mol. The summed E-state index contributed by atoms with van der Waals surface area (Å²) in [5.74, 6) is 1.10. The number of nitrogens with zero attached hydrogens (tertiary/aromatic N) is 5. The first-order valence-corrected chi connectivity index (χ1v) is 14.9. The smallest absolute Gasteiger partial charge is 0.254 e. The number of hydrogen-bond acceptors (Lipinski definition) is 5. The third kappa shape index (κ3) is 6.68. The number of benzene rings is 3. The van der Waals surface area contributed by atoms with Crippen molar-refractivity contribution in [3.63, 3.8) is 0 Å². The molecule has 1 fully saturated rings. The van der Waals surface area contributed by atoms with Crippen LogP contribution in [-0.2, 0) is 4.79 Å². The minimum atomic E-state index is -0.370. The van der Waals surface area contributed by atoms with Crippen LogP contribution in [0.3, 0.4) is 0 Å². The molecule has 0 aliphatic carbocycles. The van der Waals surface area contributed by atoms with Crippen molar-refractivity contribution in [1.29, 1.82) is 0 Å². The molecule has 0 N–H and O–H groups in total. The molecule has 1 aliphatic heterocycles. The van der Waals surface area contributed by atoms with Crippen molar-refractivity contribution in [2.24, 2.45) is 0 Å². The highest BCUT2D eigenvalue weighted by atomic mass is 32.2. The van der Waals surface area contributed by atoms with E-state index >= 15 is 0 Å². The molecule has 0 radical (unpaired) electrons. The SMILES string of the molecule is Cc1ccc(-c2nnc(SCCCC(=O)N3CCN(C(=O)c4ccc(F)cc4)C(C)C3)n2-c2cccc(C)c2)cc1. The maximum Gasteiger partial charge on any atom is 0.254 e. The van der Waals surface area contributed by atoms with Gasteiger partial charge in [0.2, 0.25) is 5.91 Å². The van der Waals surface area contributed by atoms with Crippen LogP contribution in [-0.4, -0.2) is 67.8 Å². The van der Waals surface area contributed by atoms with Gasteiger partial charge in [0.15, 0.2) is 11.0 Å². The first kappa shape index (κ1) is 28.5. The van der Waals surface area contributed by atoms with Crippen LogP contribution in [0.2, 0.25) is 0 Å². The van der Waals surface area contributed by atoms with Crippen LogP contribution in [0.4, 0.5) is 4.39 Å². The average Bonchev–Trinajstić information content (AvgIpc) is 3.39. The van der Waals surface area contributed by atoms with Gasteiger partial charge in [0.1, 0.15) is 5.82 Å². The van der Waals surface area contributed by atoms with E-state index in [2.05, 4.69) is 71.1 Å². The van der Waals surface area contributed by atoms with Gasteiger partial charge in [0, 0.05) is 54.7 Å². The van der Waals surface area contributed by atoms with Gasteiger partial charge in [0.25, 0.3) is 5.91 Å². The number of carbonyl (C=O) groups excluding carboxylic acids is 2. The van der Waals surface area contributed by atoms with Crippen LogP contribution in [0, 0.1) is 19.7 Å². The second kappa shape index (κ2) is 12.7. The quantitative estimate of drug-likeness (QED) is 0.194. The molecule has 1 unspecified atom stereocenters. The van der Waals surface area contributed by atoms with Crippen molar-refractivity contribution < 1.29 is 14.0 Å². The highest BCUT2D eigenvalue weighted by Gasteiger charge is 2.30. The van der Waals surface area contributed by atoms with E-state index in [1.807, 2.05) is 17.9 Å². The zero-order valence-corrected chi connectivity index (χ0v) is 24.4. The summed E-state index contributed by atoms with van der Waals surface area (Å²) in [5, 5.41) is 9.84. The molecule has 41 heavy (non-hydrogen) atoms. The summed E-state index contributed by atoms with van der Waals surface area (Å²) >= 11 is 1.60. The van der Waals surface area contributed by atoms with Gasteiger partial charge in [-0.1, -0.05) is 53.7 Å². The van der Waals surface area contributed by atoms with Crippen LogP contribution in [0.1, 0.15) is 41.3 Å². The summed E-state index contributed by atoms with van der Waals surface area (Å²) in [4.78, 5) is 29.5. The fraction of sp³-hybridized carbons (Fsp3) is 0.312. The molecule has 9 heteroatoms. The lowest BCUT2D eigenvalue weighted by Gasteiger charge is -2.40. The van der Waals surface area contributed by atoms with Crippen molar-refractivity contribution in [2.75, 3.05) is 25.4 Å². The molecule has 1 aliphatic rings. The Balaban J connectivity index is 1.18. The average molecular weight is 572 g/mol. The second-order valence-electron chi connectivity index (χ2n) is 10.5. The number of piperazine rings is 1. The largest absolute Gasteiger partial charge is 0.339 e. The van der Waals surface area contributed by atoms with Crippen molar-refractivity contribution in [2.45, 2.75) is 44.8 Å². The number of rotatable bonds is 8. The monoisotopic (exact) mass is 571 g/mol. The summed E-state index contributed by atoms with van der Waals surface area (Å²) < 4.78 is 15.3. The van der Waals surface area contributed by atoms with Crippen LogP contribution in [0.5, 0.6) is 0 Å². The number of thioether (sulfide) groups is 1. The Bertz CT molecular complexity index is 1520. The van der Waals surface area contributed by atoms with Gasteiger partial charge in [0.05, 0.1) is 0 Å². The molecule has 1 atom stereocenters. The molecule has 0 spiro atoms. The number of halogens is 1. The molecule has 0 saturated carbocycles. The second-order valence-corrected chi connectivity index (χ2v) is 11.6. The minimum absolute atomic E-state index is 0.0897. The summed E-state index contributed by atoms with van der Waals surface area (Å²) in [6.45, 7) is 7.51. The first-order chi connectivity index (χ1) is 19.8. The molecular formula is C32H34FN5O2S. The van der Waals surface area contributed by atoms with Crippen LogP contribution >= 0.6 is 11.8 Å². The van der Waals surface area contributed by atoms with Gasteiger partial charge in [-0.3, -0.25) is 14.2 Å². The van der Waals surface area contributed by atoms with E-state index < -0.39 is 0 Å². The first-order valence-electron chi connectivity index (χ1n) is 13.9. The van der Waals surface area contributed by atoms with Gasteiger partial charge >= 0.3 is 0 Å². The Morgan fingerprint density at radius 1 is 0.951 bits per heavy atom. The molecule has 0 bridgehead atoms. The molecule has 7 nitrogen and oxygen atoms in total. The number of aryl methyl sites for hydroxylation is 2. The van der Waals surface area contributed by atoms with E-state index in [-0.39, 0.29) is 23.7 Å². The summed E-state index contributed by atoms with van der Waals surface area (Å²) in [7, 11) is 0. The van der Waals surface area contributed by atoms with E-state index in [0.29, 0.717) is 38.0 Å². The Morgan fingerprint density at radius 2 is 1.71 bits per heavy atom. The zero-order valence-electron chi connectivity index (χ0n) is 23.6. The van der Waals surface area contributed by atoms with Crippen LogP contribution in [0.15, 0.2) is 78.0 Å². The molecule has 4 aromatic rings. The van der Waals surface area contributed by atoms with Crippen molar-refractivity contribution in [1.82, 2.24) is 24.6 Å². The highest BCUT2D eigenvalue weighted by Crippen LogP contribution is 2.29. The Morgan fingerprint density at radius 3 is 2.41 bits per heavy atom. The third-order valence-electron chi connectivity index (χ3n) is 7.30. The number of aromatic nitrogens is 3. The fourth-order valence-corrected chi connectivity index (χ4v) is 5.93. The maximum absolute atomic E-state index is 13.3. The lowest BCUT2D eigenvalue weighted by Crippen LogP contribution is -2.55. The van der Waals surface area contributed by atoms with Crippen molar-refractivity contribution >= 4 is 23.6 Å². The van der Waals surface area contributed by atoms with Crippen LogP contribution < -0.4 is 0 Å². The molecule has 1 aromatic heterocycles. The van der Waals surface area contributed by atoms with E-state index in [1.54, 1.807) is 16.7 Å². The maximum atomic E-state index is 13.3. The number of carbonyl (C=O) groups is 2. The summed E-state index contributed by atoms with van der Waals surface area (Å²) in [6.07, 6.45) is 1.13. The number of amides is 2. The van der Waals surface area contributed by atoms with E-state index in [0.717, 1.165) is 33.5 Å². The lowest BCUT2D eigenvalue weighted by atomic mass is 10.1. The topological polar surface area (TPSA) is 71.3 Å². The predicted octanol–water partition coefficient (Wildman–Crippen LogP) is 5.94. The zero-order chi connectivity index (χ0) is 28.9. The normalized spacial score (nSPS) is 15.3. The molecule has 212 valence electrons. The van der Waals surface area contributed by atoms with E-state index in [9.17, 15) is 14.0 Å². The minimum Gasteiger partial charge on any atom is -0.339 e. The van der Waals surface area contributed by atoms with Gasteiger partial charge in [-0.05, 0) is 69.2 Å². The van der Waals surface area contributed by atoms with Gasteiger partial charge in [-0.25, -0.2) is 4.39 Å². The number of hydrogen-bond donors (Lipinski definition) is 0. The van der Waals surface area contributed by atoms with Crippen molar-refractivity contribution in [3.8, 4) is 17.1 Å². The van der Waals surface area contributed by atoms with Gasteiger partial charge < -0.3 is 9.80 Å². The van der Waals surface area contributed by atoms with Crippen molar-refractivity contribution in [3.05, 3.63) is 95.3 Å². The van der Waals surface area contributed by atoms with Gasteiger partial charge in [-0.2, -0.15) is 0 Å².